The number of hydrogen-bond donors (Lipinski definition) is 1. The molecule has 2 aromatic rings. The van der Waals surface area contributed by atoms with Gasteiger partial charge in [0.25, 0.3) is 10.0 Å². The molecule has 0 aromatic heterocycles. The van der Waals surface area contributed by atoms with Crippen LogP contribution in [0.5, 0.6) is 0 Å². The van der Waals surface area contributed by atoms with E-state index in [4.69, 9.17) is 33.7 Å². The summed E-state index contributed by atoms with van der Waals surface area (Å²) in [5, 5.41) is -0.00929. The number of hydrogen-bond acceptors (Lipinski definition) is 5. The average Bonchev–Trinajstić information content (AvgIpc) is 2.77. The Balaban J connectivity index is 2.06. The number of morpholine rings is 1. The van der Waals surface area contributed by atoms with E-state index in [1.165, 1.54) is 29.2 Å². The number of halogens is 5. The van der Waals surface area contributed by atoms with E-state index in [1.807, 2.05) is 0 Å². The zero-order valence-corrected chi connectivity index (χ0v) is 19.4. The molecule has 3 rings (SSSR count). The molecule has 0 aliphatic carbocycles. The topological polar surface area (TPSA) is 92.9 Å². The molecule has 0 radical (unpaired) electrons. The number of alkyl halides is 3. The number of benzene rings is 2. The van der Waals surface area contributed by atoms with E-state index in [1.54, 1.807) is 0 Å². The molecule has 1 saturated heterocycles. The number of nitrogens with two attached hydrogens (primary N) is 1. The summed E-state index contributed by atoms with van der Waals surface area (Å²) in [6.45, 7) is -0.123. The van der Waals surface area contributed by atoms with E-state index >= 15 is 0 Å². The van der Waals surface area contributed by atoms with Crippen molar-refractivity contribution < 1.29 is 31.1 Å². The molecule has 1 amide bonds. The quantitative estimate of drug-likeness (QED) is 0.623. The molecule has 2 N–H and O–H groups in total. The van der Waals surface area contributed by atoms with E-state index in [0.29, 0.717) is 10.4 Å². The fourth-order valence-corrected chi connectivity index (χ4v) is 5.05. The third-order valence-electron chi connectivity index (χ3n) is 4.98. The highest BCUT2D eigenvalue weighted by molar-refractivity contribution is 7.92. The van der Waals surface area contributed by atoms with Crippen molar-refractivity contribution in [2.45, 2.75) is 17.2 Å². The average molecular weight is 526 g/mol. The SMILES string of the molecule is NCC1CN(C(=O)CN(c2cc(C(F)(F)F)ccc2Cl)S(=O)(=O)c2ccc(Cl)cc2)CCO1. The smallest absolute Gasteiger partial charge is 0.373 e. The zero-order valence-electron chi connectivity index (χ0n) is 17.1. The molecule has 1 aliphatic heterocycles. The number of nitrogens with zero attached hydrogens (tertiary/aromatic N) is 2. The normalized spacial score (nSPS) is 17.2. The van der Waals surface area contributed by atoms with Gasteiger partial charge < -0.3 is 15.4 Å². The third-order valence-corrected chi connectivity index (χ3v) is 7.32. The van der Waals surface area contributed by atoms with Crippen LogP contribution in [0.4, 0.5) is 18.9 Å². The second kappa shape index (κ2) is 10.1. The van der Waals surface area contributed by atoms with E-state index < -0.39 is 46.0 Å². The van der Waals surface area contributed by atoms with Gasteiger partial charge in [-0.15, -0.1) is 0 Å². The summed E-state index contributed by atoms with van der Waals surface area (Å²) in [6.07, 6.45) is -5.18. The Morgan fingerprint density at radius 1 is 1.18 bits per heavy atom. The van der Waals surface area contributed by atoms with E-state index in [9.17, 15) is 26.4 Å². The van der Waals surface area contributed by atoms with Gasteiger partial charge in [0.1, 0.15) is 6.54 Å². The van der Waals surface area contributed by atoms with Crippen LogP contribution >= 0.6 is 23.2 Å². The standard InChI is InChI=1S/C20H20Cl2F3N3O4S/c21-14-2-4-16(5-3-14)33(30,31)28(12-19(29)27-7-8-32-15(10-26)11-27)18-9-13(20(23,24)25)1-6-17(18)22/h1-6,9,15H,7-8,10-12,26H2. The van der Waals surface area contributed by atoms with Crippen molar-refractivity contribution in [3.8, 4) is 0 Å². The van der Waals surface area contributed by atoms with Crippen molar-refractivity contribution in [2.24, 2.45) is 5.73 Å². The van der Waals surface area contributed by atoms with Crippen molar-refractivity contribution in [2.75, 3.05) is 37.1 Å². The maximum atomic E-state index is 13.4. The molecule has 0 saturated carbocycles. The molecule has 180 valence electrons. The molecule has 1 aliphatic rings. The molecule has 7 nitrogen and oxygen atoms in total. The fraction of sp³-hybridized carbons (Fsp3) is 0.350. The van der Waals surface area contributed by atoms with Crippen LogP contribution in [0.15, 0.2) is 47.4 Å². The Morgan fingerprint density at radius 3 is 2.45 bits per heavy atom. The Bertz CT molecular complexity index is 1110. The van der Waals surface area contributed by atoms with Crippen molar-refractivity contribution in [1.29, 1.82) is 0 Å². The van der Waals surface area contributed by atoms with Gasteiger partial charge in [-0.2, -0.15) is 13.2 Å². The molecule has 13 heteroatoms. The third kappa shape index (κ3) is 5.90. The minimum Gasteiger partial charge on any atom is -0.373 e. The number of carbonyl (C=O) groups is 1. The lowest BCUT2D eigenvalue weighted by Gasteiger charge is -2.34. The van der Waals surface area contributed by atoms with E-state index in [0.717, 1.165) is 12.1 Å². The molecule has 1 unspecified atom stereocenters. The van der Waals surface area contributed by atoms with Gasteiger partial charge >= 0.3 is 6.18 Å². The maximum absolute atomic E-state index is 13.4. The molecule has 33 heavy (non-hydrogen) atoms. The first-order chi connectivity index (χ1) is 15.4. The molecule has 1 atom stereocenters. The molecule has 1 heterocycles. The van der Waals surface area contributed by atoms with Crippen LogP contribution in [0.25, 0.3) is 0 Å². The lowest BCUT2D eigenvalue weighted by Crippen LogP contribution is -2.51. The Morgan fingerprint density at radius 2 is 1.85 bits per heavy atom. The summed E-state index contributed by atoms with van der Waals surface area (Å²) in [6, 6.07) is 7.28. The van der Waals surface area contributed by atoms with Crippen molar-refractivity contribution in [1.82, 2.24) is 4.90 Å². The van der Waals surface area contributed by atoms with Crippen LogP contribution in [0.1, 0.15) is 5.56 Å². The molecule has 1 fully saturated rings. The highest BCUT2D eigenvalue weighted by Gasteiger charge is 2.35. The predicted molar refractivity (Wildman–Crippen MR) is 118 cm³/mol. The first-order valence-electron chi connectivity index (χ1n) is 9.68. The number of anilines is 1. The van der Waals surface area contributed by atoms with E-state index in [-0.39, 0.29) is 41.2 Å². The Hall–Kier alpha value is -2.05. The lowest BCUT2D eigenvalue weighted by molar-refractivity contribution is -0.137. The van der Waals surface area contributed by atoms with Gasteiger partial charge in [0.15, 0.2) is 0 Å². The van der Waals surface area contributed by atoms with Gasteiger partial charge in [-0.1, -0.05) is 23.2 Å². The monoisotopic (exact) mass is 525 g/mol. The van der Waals surface area contributed by atoms with Crippen molar-refractivity contribution in [3.05, 3.63) is 58.1 Å². The second-order valence-corrected chi connectivity index (χ2v) is 9.90. The Kier molecular flexibility index (Phi) is 7.80. The molecule has 0 bridgehead atoms. The number of carbonyl (C=O) groups excluding carboxylic acids is 1. The molecular weight excluding hydrogens is 506 g/mol. The Labute approximate surface area is 198 Å². The van der Waals surface area contributed by atoms with Gasteiger partial charge in [0, 0.05) is 24.7 Å². The minimum atomic E-state index is -4.75. The van der Waals surface area contributed by atoms with Gasteiger partial charge in [0.05, 0.1) is 33.9 Å². The highest BCUT2D eigenvalue weighted by atomic mass is 35.5. The van der Waals surface area contributed by atoms with Gasteiger partial charge in [0.2, 0.25) is 5.91 Å². The van der Waals surface area contributed by atoms with E-state index in [2.05, 4.69) is 0 Å². The van der Waals surface area contributed by atoms with Crippen LogP contribution in [0.3, 0.4) is 0 Å². The largest absolute Gasteiger partial charge is 0.416 e. The summed E-state index contributed by atoms with van der Waals surface area (Å²) < 4.78 is 72.8. The zero-order chi connectivity index (χ0) is 24.4. The van der Waals surface area contributed by atoms with Gasteiger partial charge in [-0.05, 0) is 42.5 Å². The highest BCUT2D eigenvalue weighted by Crippen LogP contribution is 2.37. The van der Waals surface area contributed by atoms with Gasteiger partial charge in [-0.3, -0.25) is 9.10 Å². The first kappa shape index (κ1) is 25.6. The first-order valence-corrected chi connectivity index (χ1v) is 11.9. The maximum Gasteiger partial charge on any atom is 0.416 e. The predicted octanol–water partition coefficient (Wildman–Crippen LogP) is 3.39. The van der Waals surface area contributed by atoms with Gasteiger partial charge in [-0.25, -0.2) is 8.42 Å². The van der Waals surface area contributed by atoms with Crippen LogP contribution in [0.2, 0.25) is 10.0 Å². The van der Waals surface area contributed by atoms with Crippen LogP contribution in [0, 0.1) is 0 Å². The fourth-order valence-electron chi connectivity index (χ4n) is 3.22. The summed E-state index contributed by atoms with van der Waals surface area (Å²) in [5.74, 6) is -0.636. The molecular formula is C20H20Cl2F3N3O4S. The van der Waals surface area contributed by atoms with Crippen molar-refractivity contribution >= 4 is 44.8 Å². The lowest BCUT2D eigenvalue weighted by atomic mass is 10.2. The summed E-state index contributed by atoms with van der Waals surface area (Å²) >= 11 is 11.9. The summed E-state index contributed by atoms with van der Waals surface area (Å²) in [4.78, 5) is 14.1. The minimum absolute atomic E-state index is 0.125. The number of sulfonamides is 1. The van der Waals surface area contributed by atoms with Crippen LogP contribution < -0.4 is 10.0 Å². The summed E-state index contributed by atoms with van der Waals surface area (Å²) in [5.41, 5.74) is 4.00. The number of rotatable bonds is 6. The second-order valence-electron chi connectivity index (χ2n) is 7.20. The number of ether oxygens (including phenoxy) is 1. The summed E-state index contributed by atoms with van der Waals surface area (Å²) in [7, 11) is -4.49. The van der Waals surface area contributed by atoms with Crippen molar-refractivity contribution in [3.63, 3.8) is 0 Å². The molecule has 2 aromatic carbocycles. The van der Waals surface area contributed by atoms with Crippen LogP contribution in [-0.4, -0.2) is 58.1 Å². The molecule has 0 spiro atoms. The number of amides is 1. The van der Waals surface area contributed by atoms with Crippen LogP contribution in [-0.2, 0) is 25.7 Å².